The largest absolute Gasteiger partial charge is 0.421 e. The van der Waals surface area contributed by atoms with Crippen LogP contribution in [0.2, 0.25) is 0 Å². The Balaban J connectivity index is 1.97. The second-order valence-electron chi connectivity index (χ2n) is 7.39. The van der Waals surface area contributed by atoms with Gasteiger partial charge in [-0.1, -0.05) is 42.5 Å². The number of nitrogens with zero attached hydrogens (tertiary/aromatic N) is 1. The Morgan fingerprint density at radius 1 is 0.833 bits per heavy atom. The lowest BCUT2D eigenvalue weighted by atomic mass is 9.95. The van der Waals surface area contributed by atoms with Gasteiger partial charge in [-0.2, -0.15) is 5.26 Å². The summed E-state index contributed by atoms with van der Waals surface area (Å²) < 4.78 is 5.67. The summed E-state index contributed by atoms with van der Waals surface area (Å²) in [5.74, 6) is -0.487. The molecule has 0 bridgehead atoms. The lowest BCUT2D eigenvalue weighted by Gasteiger charge is -2.14. The minimum atomic E-state index is -0.542. The van der Waals surface area contributed by atoms with Gasteiger partial charge in [-0.05, 0) is 62.1 Å². The van der Waals surface area contributed by atoms with Crippen LogP contribution in [0.1, 0.15) is 54.1 Å². The smallest absolute Gasteiger partial charge is 0.343 e. The highest BCUT2D eigenvalue weighted by Crippen LogP contribution is 2.27. The van der Waals surface area contributed by atoms with Gasteiger partial charge in [0.2, 0.25) is 0 Å². The molecule has 0 unspecified atom stereocenters. The van der Waals surface area contributed by atoms with Crippen molar-refractivity contribution in [1.82, 2.24) is 0 Å². The number of hydrogen-bond acceptors (Lipinski definition) is 4. The lowest BCUT2D eigenvalue weighted by Crippen LogP contribution is -2.14. The van der Waals surface area contributed by atoms with Crippen molar-refractivity contribution in [3.8, 4) is 11.8 Å². The molecule has 3 rings (SSSR count). The minimum absolute atomic E-state index is 0.0369. The molecule has 3 aromatic carbocycles. The maximum absolute atomic E-state index is 13.0. The van der Waals surface area contributed by atoms with Crippen LogP contribution in [-0.4, -0.2) is 11.8 Å². The zero-order chi connectivity index (χ0) is 21.8. The fourth-order valence-corrected chi connectivity index (χ4v) is 3.37. The number of nitriles is 1. The molecular weight excluding hydrogens is 374 g/mol. The molecule has 0 saturated heterocycles. The van der Waals surface area contributed by atoms with E-state index in [2.05, 4.69) is 6.07 Å². The van der Waals surface area contributed by atoms with Gasteiger partial charge in [-0.25, -0.2) is 4.79 Å². The fraction of sp³-hybridized carbons (Fsp3) is 0.192. The second-order valence-corrected chi connectivity index (χ2v) is 7.39. The molecular formula is C26H23NO3. The molecule has 0 amide bonds. The van der Waals surface area contributed by atoms with E-state index in [1.807, 2.05) is 45.9 Å². The first-order valence-corrected chi connectivity index (χ1v) is 9.73. The standard InChI is InChI=1S/C26H23NO3/c1-16-8-5-12-22(18(16)3)24(28)14-20-10-7-11-21(15-27)25(20)30-26(29)23-13-6-9-17(2)19(23)4/h5-13H,14H2,1-4H3. The van der Waals surface area contributed by atoms with Gasteiger partial charge in [-0.15, -0.1) is 0 Å². The molecule has 0 N–H and O–H groups in total. The summed E-state index contributed by atoms with van der Waals surface area (Å²) in [7, 11) is 0. The number of Topliss-reactive ketones (excluding diaryl/α,β-unsaturated/α-hetero) is 1. The lowest BCUT2D eigenvalue weighted by molar-refractivity contribution is 0.0730. The first-order valence-electron chi connectivity index (χ1n) is 9.73. The third-order valence-electron chi connectivity index (χ3n) is 5.49. The SMILES string of the molecule is Cc1cccc(C(=O)Cc2cccc(C#N)c2OC(=O)c2cccc(C)c2C)c1C. The number of hydrogen-bond donors (Lipinski definition) is 0. The molecule has 30 heavy (non-hydrogen) atoms. The zero-order valence-corrected chi connectivity index (χ0v) is 17.6. The van der Waals surface area contributed by atoms with E-state index in [-0.39, 0.29) is 23.5 Å². The van der Waals surface area contributed by atoms with Crippen LogP contribution >= 0.6 is 0 Å². The number of carbonyl (C=O) groups is 2. The maximum atomic E-state index is 13.0. The van der Waals surface area contributed by atoms with Crippen LogP contribution in [0.25, 0.3) is 0 Å². The van der Waals surface area contributed by atoms with Gasteiger partial charge >= 0.3 is 5.97 Å². The molecule has 4 heteroatoms. The van der Waals surface area contributed by atoms with Crippen LogP contribution in [0, 0.1) is 39.0 Å². The summed E-state index contributed by atoms with van der Waals surface area (Å²) in [4.78, 5) is 25.8. The highest BCUT2D eigenvalue weighted by molar-refractivity contribution is 6.00. The number of ketones is 1. The predicted molar refractivity (Wildman–Crippen MR) is 116 cm³/mol. The van der Waals surface area contributed by atoms with Crippen molar-refractivity contribution in [3.05, 3.63) is 99.1 Å². The van der Waals surface area contributed by atoms with Crippen molar-refractivity contribution in [2.24, 2.45) is 0 Å². The average molecular weight is 397 g/mol. The van der Waals surface area contributed by atoms with E-state index >= 15 is 0 Å². The van der Waals surface area contributed by atoms with Crippen LogP contribution in [0.5, 0.6) is 5.75 Å². The van der Waals surface area contributed by atoms with Gasteiger partial charge in [-0.3, -0.25) is 4.79 Å². The first-order chi connectivity index (χ1) is 14.3. The van der Waals surface area contributed by atoms with Gasteiger partial charge < -0.3 is 4.74 Å². The molecule has 0 fully saturated rings. The van der Waals surface area contributed by atoms with E-state index in [0.29, 0.717) is 16.7 Å². The maximum Gasteiger partial charge on any atom is 0.343 e. The number of benzene rings is 3. The van der Waals surface area contributed by atoms with E-state index in [1.165, 1.54) is 0 Å². The van der Waals surface area contributed by atoms with Gasteiger partial charge in [0.25, 0.3) is 0 Å². The monoisotopic (exact) mass is 397 g/mol. The number of carbonyl (C=O) groups excluding carboxylic acids is 2. The van der Waals surface area contributed by atoms with E-state index in [1.54, 1.807) is 36.4 Å². The molecule has 0 spiro atoms. The highest BCUT2D eigenvalue weighted by atomic mass is 16.5. The number of aryl methyl sites for hydroxylation is 2. The van der Waals surface area contributed by atoms with Gasteiger partial charge in [0.1, 0.15) is 6.07 Å². The highest BCUT2D eigenvalue weighted by Gasteiger charge is 2.20. The number of para-hydroxylation sites is 1. The van der Waals surface area contributed by atoms with Crippen LogP contribution in [0.15, 0.2) is 54.6 Å². The zero-order valence-electron chi connectivity index (χ0n) is 17.6. The minimum Gasteiger partial charge on any atom is -0.421 e. The molecule has 150 valence electrons. The van der Waals surface area contributed by atoms with Crippen LogP contribution in [0.3, 0.4) is 0 Å². The van der Waals surface area contributed by atoms with Crippen molar-refractivity contribution in [1.29, 1.82) is 5.26 Å². The molecule has 0 aliphatic rings. The summed E-state index contributed by atoms with van der Waals surface area (Å²) in [5, 5.41) is 9.53. The summed E-state index contributed by atoms with van der Waals surface area (Å²) in [6.45, 7) is 7.65. The summed E-state index contributed by atoms with van der Waals surface area (Å²) in [5.41, 5.74) is 5.56. The Morgan fingerprint density at radius 3 is 2.03 bits per heavy atom. The van der Waals surface area contributed by atoms with E-state index < -0.39 is 5.97 Å². The number of esters is 1. The molecule has 0 aliphatic heterocycles. The van der Waals surface area contributed by atoms with Gasteiger partial charge in [0, 0.05) is 17.5 Å². The summed E-state index contributed by atoms with van der Waals surface area (Å²) in [6.07, 6.45) is 0.0369. The Bertz CT molecular complexity index is 1190. The third-order valence-corrected chi connectivity index (χ3v) is 5.49. The van der Waals surface area contributed by atoms with Crippen molar-refractivity contribution < 1.29 is 14.3 Å². The predicted octanol–water partition coefficient (Wildman–Crippen LogP) is 5.44. The molecule has 3 aromatic rings. The van der Waals surface area contributed by atoms with Crippen LogP contribution in [-0.2, 0) is 6.42 Å². The summed E-state index contributed by atoms with van der Waals surface area (Å²) >= 11 is 0. The van der Waals surface area contributed by atoms with Crippen molar-refractivity contribution in [2.45, 2.75) is 34.1 Å². The van der Waals surface area contributed by atoms with E-state index in [9.17, 15) is 14.9 Å². The number of ether oxygens (including phenoxy) is 1. The topological polar surface area (TPSA) is 67.2 Å². The van der Waals surface area contributed by atoms with Gasteiger partial charge in [0.05, 0.1) is 11.1 Å². The normalized spacial score (nSPS) is 10.4. The Hall–Kier alpha value is -3.71. The molecule has 4 nitrogen and oxygen atoms in total. The van der Waals surface area contributed by atoms with Crippen LogP contribution in [0.4, 0.5) is 0 Å². The van der Waals surface area contributed by atoms with Crippen LogP contribution < -0.4 is 4.74 Å². The number of rotatable bonds is 5. The second kappa shape index (κ2) is 8.75. The molecule has 0 atom stereocenters. The Kier molecular flexibility index (Phi) is 6.13. The quantitative estimate of drug-likeness (QED) is 0.327. The Morgan fingerprint density at radius 2 is 1.40 bits per heavy atom. The molecule has 0 radical (unpaired) electrons. The molecule has 0 saturated carbocycles. The van der Waals surface area contributed by atoms with E-state index in [4.69, 9.17) is 4.74 Å². The molecule has 0 heterocycles. The van der Waals surface area contributed by atoms with E-state index in [0.717, 1.165) is 22.3 Å². The average Bonchev–Trinajstić information content (AvgIpc) is 2.73. The fourth-order valence-electron chi connectivity index (χ4n) is 3.37. The van der Waals surface area contributed by atoms with Crippen molar-refractivity contribution >= 4 is 11.8 Å². The molecule has 0 aliphatic carbocycles. The first kappa shape index (κ1) is 21.0. The van der Waals surface area contributed by atoms with Crippen molar-refractivity contribution in [2.75, 3.05) is 0 Å². The summed E-state index contributed by atoms with van der Waals surface area (Å²) in [6, 6.07) is 18.1. The van der Waals surface area contributed by atoms with Gasteiger partial charge in [0.15, 0.2) is 11.5 Å². The Labute approximate surface area is 176 Å². The molecule has 0 aromatic heterocycles. The van der Waals surface area contributed by atoms with Crippen molar-refractivity contribution in [3.63, 3.8) is 0 Å². The third kappa shape index (κ3) is 4.16.